The second-order valence-corrected chi connectivity index (χ2v) is 7.87. The van der Waals surface area contributed by atoms with Crippen LogP contribution in [0, 0.1) is 12.7 Å². The number of alkyl halides is 2. The van der Waals surface area contributed by atoms with Crippen LogP contribution in [0.1, 0.15) is 30.3 Å². The summed E-state index contributed by atoms with van der Waals surface area (Å²) in [6.45, 7) is 4.19. The molecule has 6 nitrogen and oxygen atoms in total. The number of hydrogen-bond acceptors (Lipinski definition) is 5. The Morgan fingerprint density at radius 2 is 1.85 bits per heavy atom. The maximum absolute atomic E-state index is 14.5. The molecular formula is C25H24F3N5O. The molecule has 0 fully saturated rings. The van der Waals surface area contributed by atoms with Gasteiger partial charge in [-0.25, -0.2) is 23.1 Å². The average Bonchev–Trinajstić information content (AvgIpc) is 2.82. The molecule has 0 spiro atoms. The number of aromatic nitrogens is 3. The maximum atomic E-state index is 14.5. The Bertz CT molecular complexity index is 1400. The van der Waals surface area contributed by atoms with Gasteiger partial charge < -0.3 is 14.8 Å². The van der Waals surface area contributed by atoms with E-state index < -0.39 is 17.8 Å². The number of anilines is 3. The highest BCUT2D eigenvalue weighted by atomic mass is 19.3. The number of fused-ring (bicyclic) bond motifs is 1. The van der Waals surface area contributed by atoms with Gasteiger partial charge in [0.05, 0.1) is 16.8 Å². The summed E-state index contributed by atoms with van der Waals surface area (Å²) >= 11 is 0. The lowest BCUT2D eigenvalue weighted by atomic mass is 10.1. The summed E-state index contributed by atoms with van der Waals surface area (Å²) in [5.74, 6) is 0.0672. The average molecular weight is 467 g/mol. The Balaban J connectivity index is 1.69. The SMILES string of the molecule is CCn1cc(N(C)c2ccc3nc(C)nc(NCc4cccc(C(F)F)c4F)c3c2)ccc1=O. The molecule has 0 amide bonds. The third kappa shape index (κ3) is 4.59. The molecule has 0 aliphatic carbocycles. The second-order valence-electron chi connectivity index (χ2n) is 7.87. The predicted octanol–water partition coefficient (Wildman–Crippen LogP) is 5.58. The lowest BCUT2D eigenvalue weighted by molar-refractivity contribution is 0.146. The number of benzene rings is 2. The van der Waals surface area contributed by atoms with Crippen molar-refractivity contribution < 1.29 is 13.2 Å². The van der Waals surface area contributed by atoms with E-state index in [1.165, 1.54) is 18.2 Å². The van der Waals surface area contributed by atoms with E-state index in [4.69, 9.17) is 0 Å². The van der Waals surface area contributed by atoms with Gasteiger partial charge in [0, 0.05) is 49.0 Å². The molecule has 2 heterocycles. The van der Waals surface area contributed by atoms with E-state index in [0.29, 0.717) is 29.1 Å². The van der Waals surface area contributed by atoms with Gasteiger partial charge in [0.25, 0.3) is 12.0 Å². The molecule has 2 aromatic heterocycles. The van der Waals surface area contributed by atoms with Crippen LogP contribution in [0.25, 0.3) is 10.9 Å². The Morgan fingerprint density at radius 3 is 2.59 bits per heavy atom. The number of nitrogens with one attached hydrogen (secondary N) is 1. The Morgan fingerprint density at radius 1 is 1.09 bits per heavy atom. The van der Waals surface area contributed by atoms with Crippen LogP contribution in [0.15, 0.2) is 59.5 Å². The third-order valence-corrected chi connectivity index (χ3v) is 5.66. The fourth-order valence-electron chi connectivity index (χ4n) is 3.77. The molecule has 0 atom stereocenters. The minimum atomic E-state index is -2.89. The largest absolute Gasteiger partial charge is 0.365 e. The number of hydrogen-bond donors (Lipinski definition) is 1. The summed E-state index contributed by atoms with van der Waals surface area (Å²) in [4.78, 5) is 22.8. The monoisotopic (exact) mass is 467 g/mol. The van der Waals surface area contributed by atoms with E-state index in [9.17, 15) is 18.0 Å². The zero-order valence-corrected chi connectivity index (χ0v) is 19.0. The molecular weight excluding hydrogens is 443 g/mol. The quantitative estimate of drug-likeness (QED) is 0.385. The number of rotatable bonds is 7. The van der Waals surface area contributed by atoms with Gasteiger partial charge in [0.1, 0.15) is 17.5 Å². The molecule has 0 saturated heterocycles. The van der Waals surface area contributed by atoms with Gasteiger partial charge in [0.2, 0.25) is 0 Å². The van der Waals surface area contributed by atoms with Gasteiger partial charge in [-0.1, -0.05) is 18.2 Å². The van der Waals surface area contributed by atoms with Gasteiger partial charge in [-0.2, -0.15) is 0 Å². The standard InChI is InChI=1S/C25H24F3N5O/c1-4-33-14-18(9-11-22(33)34)32(3)17-8-10-21-20(12-17)25(31-15(2)30-21)29-13-16-6-5-7-19(23(16)26)24(27)28/h5-12,14,24H,4,13H2,1-3H3,(H,29,30,31). The van der Waals surface area contributed by atoms with Crippen LogP contribution in [0.4, 0.5) is 30.4 Å². The van der Waals surface area contributed by atoms with Gasteiger partial charge in [0.15, 0.2) is 0 Å². The molecule has 2 aromatic carbocycles. The molecule has 176 valence electrons. The van der Waals surface area contributed by atoms with E-state index in [1.54, 1.807) is 23.8 Å². The Hall–Kier alpha value is -3.88. The summed E-state index contributed by atoms with van der Waals surface area (Å²) in [5.41, 5.74) is 1.77. The lowest BCUT2D eigenvalue weighted by Gasteiger charge is -2.21. The summed E-state index contributed by atoms with van der Waals surface area (Å²) < 4.78 is 42.2. The highest BCUT2D eigenvalue weighted by Gasteiger charge is 2.17. The van der Waals surface area contributed by atoms with E-state index in [1.807, 2.05) is 37.1 Å². The molecule has 0 aliphatic rings. The van der Waals surface area contributed by atoms with E-state index in [2.05, 4.69) is 15.3 Å². The number of halogens is 3. The molecule has 0 unspecified atom stereocenters. The molecule has 34 heavy (non-hydrogen) atoms. The van der Waals surface area contributed by atoms with Crippen molar-refractivity contribution in [2.75, 3.05) is 17.3 Å². The van der Waals surface area contributed by atoms with Crippen LogP contribution in [0.2, 0.25) is 0 Å². The van der Waals surface area contributed by atoms with Crippen LogP contribution < -0.4 is 15.8 Å². The molecule has 0 bridgehead atoms. The van der Waals surface area contributed by atoms with Crippen molar-refractivity contribution >= 4 is 28.1 Å². The van der Waals surface area contributed by atoms with Gasteiger partial charge in [-0.3, -0.25) is 4.79 Å². The fourth-order valence-corrected chi connectivity index (χ4v) is 3.77. The van der Waals surface area contributed by atoms with Crippen molar-refractivity contribution in [1.29, 1.82) is 0 Å². The van der Waals surface area contributed by atoms with Crippen molar-refractivity contribution in [3.8, 4) is 0 Å². The summed E-state index contributed by atoms with van der Waals surface area (Å²) in [5, 5.41) is 3.78. The molecule has 0 aliphatic heterocycles. The van der Waals surface area contributed by atoms with Crippen LogP contribution in [0.3, 0.4) is 0 Å². The Kier molecular flexibility index (Phi) is 6.54. The van der Waals surface area contributed by atoms with Crippen molar-refractivity contribution in [2.45, 2.75) is 33.4 Å². The highest BCUT2D eigenvalue weighted by molar-refractivity contribution is 5.92. The first-order valence-electron chi connectivity index (χ1n) is 10.8. The molecule has 0 radical (unpaired) electrons. The van der Waals surface area contributed by atoms with Crippen molar-refractivity contribution in [3.05, 3.63) is 87.9 Å². The fraction of sp³-hybridized carbons (Fsp3) is 0.240. The Labute approximate surface area is 194 Å². The first kappa shape index (κ1) is 23.3. The number of nitrogens with zero attached hydrogens (tertiary/aromatic N) is 4. The molecule has 0 saturated carbocycles. The van der Waals surface area contributed by atoms with Crippen molar-refractivity contribution in [2.24, 2.45) is 0 Å². The number of aryl methyl sites for hydroxylation is 2. The normalized spacial score (nSPS) is 11.3. The van der Waals surface area contributed by atoms with Crippen LogP contribution in [-0.4, -0.2) is 21.6 Å². The first-order valence-corrected chi connectivity index (χ1v) is 10.8. The van der Waals surface area contributed by atoms with Crippen LogP contribution >= 0.6 is 0 Å². The summed E-state index contributed by atoms with van der Waals surface area (Å²) in [6.07, 6.45) is -1.10. The van der Waals surface area contributed by atoms with Gasteiger partial charge >= 0.3 is 0 Å². The zero-order chi connectivity index (χ0) is 24.4. The zero-order valence-electron chi connectivity index (χ0n) is 19.0. The van der Waals surface area contributed by atoms with Crippen molar-refractivity contribution in [1.82, 2.24) is 14.5 Å². The molecule has 4 aromatic rings. The highest BCUT2D eigenvalue weighted by Crippen LogP contribution is 2.30. The lowest BCUT2D eigenvalue weighted by Crippen LogP contribution is -2.20. The third-order valence-electron chi connectivity index (χ3n) is 5.66. The van der Waals surface area contributed by atoms with Crippen molar-refractivity contribution in [3.63, 3.8) is 0 Å². The van der Waals surface area contributed by atoms with E-state index >= 15 is 0 Å². The second kappa shape index (κ2) is 9.54. The van der Waals surface area contributed by atoms with E-state index in [0.717, 1.165) is 17.4 Å². The first-order chi connectivity index (χ1) is 16.3. The molecule has 1 N–H and O–H groups in total. The number of pyridine rings is 1. The van der Waals surface area contributed by atoms with Crippen LogP contribution in [0.5, 0.6) is 0 Å². The molecule has 4 rings (SSSR count). The van der Waals surface area contributed by atoms with Gasteiger partial charge in [-0.15, -0.1) is 0 Å². The topological polar surface area (TPSA) is 63.1 Å². The molecule has 9 heteroatoms. The van der Waals surface area contributed by atoms with Crippen LogP contribution in [-0.2, 0) is 13.1 Å². The minimum Gasteiger partial charge on any atom is -0.365 e. The summed E-state index contributed by atoms with van der Waals surface area (Å²) in [7, 11) is 1.88. The summed E-state index contributed by atoms with van der Waals surface area (Å²) in [6, 6.07) is 12.9. The van der Waals surface area contributed by atoms with E-state index in [-0.39, 0.29) is 17.7 Å². The maximum Gasteiger partial charge on any atom is 0.266 e. The van der Waals surface area contributed by atoms with Gasteiger partial charge in [-0.05, 0) is 38.1 Å². The predicted molar refractivity (Wildman–Crippen MR) is 127 cm³/mol. The smallest absolute Gasteiger partial charge is 0.266 e. The minimum absolute atomic E-state index is 0.0144.